The second-order valence-electron chi connectivity index (χ2n) is 6.05. The summed E-state index contributed by atoms with van der Waals surface area (Å²) >= 11 is 6.20. The summed E-state index contributed by atoms with van der Waals surface area (Å²) in [5, 5.41) is 9.50. The van der Waals surface area contributed by atoms with Crippen molar-refractivity contribution in [2.24, 2.45) is 0 Å². The van der Waals surface area contributed by atoms with E-state index in [1.165, 1.54) is 18.2 Å². The van der Waals surface area contributed by atoms with Gasteiger partial charge in [0.05, 0.1) is 29.0 Å². The molecule has 1 atom stereocenters. The van der Waals surface area contributed by atoms with Gasteiger partial charge < -0.3 is 4.74 Å². The first-order valence-corrected chi connectivity index (χ1v) is 10.1. The van der Waals surface area contributed by atoms with Crippen LogP contribution in [0.15, 0.2) is 53.4 Å². The van der Waals surface area contributed by atoms with Crippen LogP contribution in [0, 0.1) is 11.3 Å². The Kier molecular flexibility index (Phi) is 6.97. The molecule has 0 aliphatic rings. The summed E-state index contributed by atoms with van der Waals surface area (Å²) in [7, 11) is -4.08. The molecule has 0 aliphatic heterocycles. The Morgan fingerprint density at radius 3 is 2.44 bits per heavy atom. The van der Waals surface area contributed by atoms with E-state index in [1.54, 1.807) is 44.2 Å². The van der Waals surface area contributed by atoms with E-state index in [0.29, 0.717) is 10.6 Å². The lowest BCUT2D eigenvalue weighted by Crippen LogP contribution is -2.31. The molecule has 0 heterocycles. The Hall–Kier alpha value is -2.40. The van der Waals surface area contributed by atoms with Gasteiger partial charge in [-0.1, -0.05) is 41.9 Å². The maximum Gasteiger partial charge on any atom is 0.308 e. The van der Waals surface area contributed by atoms with Gasteiger partial charge in [0.2, 0.25) is 10.0 Å². The highest BCUT2D eigenvalue weighted by atomic mass is 35.5. The number of benzene rings is 2. The molecule has 0 amide bonds. The zero-order valence-corrected chi connectivity index (χ0v) is 16.4. The third-order valence-electron chi connectivity index (χ3n) is 3.61. The number of nitrogens with zero attached hydrogens (tertiary/aromatic N) is 1. The molecule has 2 rings (SSSR count). The number of hydrogen-bond donors (Lipinski definition) is 1. The lowest BCUT2D eigenvalue weighted by Gasteiger charge is -2.20. The molecule has 0 aliphatic carbocycles. The summed E-state index contributed by atoms with van der Waals surface area (Å²) in [6, 6.07) is 13.4. The quantitative estimate of drug-likeness (QED) is 0.709. The van der Waals surface area contributed by atoms with Crippen LogP contribution in [0.3, 0.4) is 0 Å². The van der Waals surface area contributed by atoms with E-state index in [2.05, 4.69) is 4.72 Å². The molecule has 8 heteroatoms. The Morgan fingerprint density at radius 1 is 1.19 bits per heavy atom. The second kappa shape index (κ2) is 9.00. The molecular weight excluding hydrogens is 388 g/mol. The van der Waals surface area contributed by atoms with E-state index >= 15 is 0 Å². The molecule has 0 unspecified atom stereocenters. The van der Waals surface area contributed by atoms with Crippen molar-refractivity contribution in [2.45, 2.75) is 37.3 Å². The normalized spacial score (nSPS) is 12.4. The number of halogens is 1. The molecule has 0 fully saturated rings. The molecule has 142 valence electrons. The molecule has 0 aromatic heterocycles. The van der Waals surface area contributed by atoms with Gasteiger partial charge in [-0.3, -0.25) is 4.79 Å². The number of nitrogens with one attached hydrogen (secondary N) is 1. The summed E-state index contributed by atoms with van der Waals surface area (Å²) in [6.45, 7) is 3.41. The number of esters is 1. The first-order valence-electron chi connectivity index (χ1n) is 8.20. The number of carbonyl (C=O) groups excluding carboxylic acids is 1. The summed E-state index contributed by atoms with van der Waals surface area (Å²) in [6.07, 6.45) is -0.573. The highest BCUT2D eigenvalue weighted by Gasteiger charge is 2.27. The van der Waals surface area contributed by atoms with Crippen molar-refractivity contribution in [3.63, 3.8) is 0 Å². The fourth-order valence-corrected chi connectivity index (χ4v) is 4.13. The molecule has 2 aromatic carbocycles. The largest absolute Gasteiger partial charge is 0.463 e. The number of carbonyl (C=O) groups is 1. The second-order valence-corrected chi connectivity index (χ2v) is 8.14. The third-order valence-corrected chi connectivity index (χ3v) is 5.49. The number of rotatable bonds is 7. The maximum atomic E-state index is 12.9. The lowest BCUT2D eigenvalue weighted by atomic mass is 10.0. The minimum absolute atomic E-state index is 0.00710. The van der Waals surface area contributed by atoms with Crippen LogP contribution in [-0.2, 0) is 19.6 Å². The Morgan fingerprint density at radius 2 is 1.81 bits per heavy atom. The van der Waals surface area contributed by atoms with E-state index in [4.69, 9.17) is 16.3 Å². The fraction of sp³-hybridized carbons (Fsp3) is 0.263. The number of sulfonamides is 1. The Balaban J connectivity index is 2.41. The molecule has 27 heavy (non-hydrogen) atoms. The van der Waals surface area contributed by atoms with Gasteiger partial charge in [0, 0.05) is 5.02 Å². The standard InChI is InChI=1S/C19H19ClN2O4S/c1-13(2)26-19(23)11-17(15-8-4-5-9-16(15)20)22-27(24,25)18-10-6-3-7-14(18)12-21/h3-10,13,17,22H,11H2,1-2H3/t17-/m1/s1. The van der Waals surface area contributed by atoms with Crippen molar-refractivity contribution in [1.82, 2.24) is 4.72 Å². The predicted octanol–water partition coefficient (Wildman–Crippen LogP) is 3.57. The van der Waals surface area contributed by atoms with E-state index < -0.39 is 22.0 Å². The van der Waals surface area contributed by atoms with Crippen LogP contribution >= 0.6 is 11.6 Å². The third kappa shape index (κ3) is 5.54. The van der Waals surface area contributed by atoms with Gasteiger partial charge in [0.25, 0.3) is 0 Å². The summed E-state index contributed by atoms with van der Waals surface area (Å²) in [5.74, 6) is -0.564. The predicted molar refractivity (Wildman–Crippen MR) is 102 cm³/mol. The highest BCUT2D eigenvalue weighted by Crippen LogP contribution is 2.28. The average Bonchev–Trinajstić information content (AvgIpc) is 2.60. The van der Waals surface area contributed by atoms with E-state index in [0.717, 1.165) is 0 Å². The first-order chi connectivity index (χ1) is 12.7. The molecule has 2 aromatic rings. The molecule has 0 radical (unpaired) electrons. The van der Waals surface area contributed by atoms with Gasteiger partial charge in [-0.2, -0.15) is 5.26 Å². The van der Waals surface area contributed by atoms with Gasteiger partial charge in [0.15, 0.2) is 0 Å². The molecule has 6 nitrogen and oxygen atoms in total. The molecule has 1 N–H and O–H groups in total. The van der Waals surface area contributed by atoms with Crippen molar-refractivity contribution in [2.75, 3.05) is 0 Å². The van der Waals surface area contributed by atoms with E-state index in [9.17, 15) is 18.5 Å². The fourth-order valence-electron chi connectivity index (χ4n) is 2.49. The van der Waals surface area contributed by atoms with E-state index in [1.807, 2.05) is 6.07 Å². The van der Waals surface area contributed by atoms with Crippen molar-refractivity contribution in [3.05, 3.63) is 64.7 Å². The number of hydrogen-bond acceptors (Lipinski definition) is 5. The van der Waals surface area contributed by atoms with Crippen molar-refractivity contribution < 1.29 is 17.9 Å². The van der Waals surface area contributed by atoms with Crippen LogP contribution in [0.2, 0.25) is 5.02 Å². The monoisotopic (exact) mass is 406 g/mol. The van der Waals surface area contributed by atoms with Crippen molar-refractivity contribution in [3.8, 4) is 6.07 Å². The maximum absolute atomic E-state index is 12.9. The van der Waals surface area contributed by atoms with Gasteiger partial charge in [-0.05, 0) is 37.6 Å². The SMILES string of the molecule is CC(C)OC(=O)C[C@@H](NS(=O)(=O)c1ccccc1C#N)c1ccccc1Cl. The van der Waals surface area contributed by atoms with Gasteiger partial charge in [-0.25, -0.2) is 13.1 Å². The topological polar surface area (TPSA) is 96.3 Å². The van der Waals surface area contributed by atoms with Crippen molar-refractivity contribution >= 4 is 27.6 Å². The molecule has 0 saturated heterocycles. The van der Waals surface area contributed by atoms with Gasteiger partial charge in [-0.15, -0.1) is 0 Å². The molecule has 0 saturated carbocycles. The van der Waals surface area contributed by atoms with E-state index in [-0.39, 0.29) is 23.0 Å². The van der Waals surface area contributed by atoms with Crippen LogP contribution in [0.5, 0.6) is 0 Å². The highest BCUT2D eigenvalue weighted by molar-refractivity contribution is 7.89. The lowest BCUT2D eigenvalue weighted by molar-refractivity contribution is -0.147. The smallest absolute Gasteiger partial charge is 0.308 e. The minimum atomic E-state index is -4.08. The van der Waals surface area contributed by atoms with Crippen LogP contribution < -0.4 is 4.72 Å². The average molecular weight is 407 g/mol. The van der Waals surface area contributed by atoms with Crippen LogP contribution in [-0.4, -0.2) is 20.5 Å². The van der Waals surface area contributed by atoms with Gasteiger partial charge >= 0.3 is 5.97 Å². The van der Waals surface area contributed by atoms with Crippen LogP contribution in [0.4, 0.5) is 0 Å². The summed E-state index contributed by atoms with van der Waals surface area (Å²) in [4.78, 5) is 12.0. The Bertz CT molecular complexity index is 968. The van der Waals surface area contributed by atoms with Crippen molar-refractivity contribution in [1.29, 1.82) is 5.26 Å². The molecule has 0 bridgehead atoms. The zero-order valence-electron chi connectivity index (χ0n) is 14.8. The number of ether oxygens (including phenoxy) is 1. The van der Waals surface area contributed by atoms with Gasteiger partial charge in [0.1, 0.15) is 6.07 Å². The Labute approximate surface area is 163 Å². The summed E-state index contributed by atoms with van der Waals surface area (Å²) < 4.78 is 33.3. The zero-order chi connectivity index (χ0) is 20.0. The number of nitriles is 1. The van der Waals surface area contributed by atoms with Crippen LogP contribution in [0.25, 0.3) is 0 Å². The minimum Gasteiger partial charge on any atom is -0.463 e. The summed E-state index contributed by atoms with van der Waals surface area (Å²) in [5.41, 5.74) is 0.450. The molecule has 0 spiro atoms. The molecular formula is C19H19ClN2O4S. The first kappa shape index (κ1) is 20.9. The van der Waals surface area contributed by atoms with Crippen LogP contribution in [0.1, 0.15) is 37.4 Å².